The predicted molar refractivity (Wildman–Crippen MR) is 122 cm³/mol. The van der Waals surface area contributed by atoms with Gasteiger partial charge in [-0.3, -0.25) is 4.79 Å². The highest BCUT2D eigenvalue weighted by Crippen LogP contribution is 2.23. The highest BCUT2D eigenvalue weighted by Gasteiger charge is 2.18. The van der Waals surface area contributed by atoms with Gasteiger partial charge in [-0.25, -0.2) is 4.79 Å². The van der Waals surface area contributed by atoms with E-state index in [-0.39, 0.29) is 18.0 Å². The van der Waals surface area contributed by atoms with Crippen LogP contribution in [0.25, 0.3) is 10.9 Å². The van der Waals surface area contributed by atoms with Crippen LogP contribution in [-0.2, 0) is 11.3 Å². The van der Waals surface area contributed by atoms with Gasteiger partial charge in [-0.1, -0.05) is 30.3 Å². The SMILES string of the molecule is CCN(CC)C(=O)Cn1ccc2cc(NC(=O)N(C)C(C)c3ccccc3)ccc21. The van der Waals surface area contributed by atoms with E-state index >= 15 is 0 Å². The molecule has 3 amide bonds. The quantitative estimate of drug-likeness (QED) is 0.616. The van der Waals surface area contributed by atoms with Crippen LogP contribution in [0.2, 0.25) is 0 Å². The van der Waals surface area contributed by atoms with E-state index in [2.05, 4.69) is 5.32 Å². The van der Waals surface area contributed by atoms with Gasteiger partial charge in [0.25, 0.3) is 0 Å². The zero-order valence-electron chi connectivity index (χ0n) is 18.1. The van der Waals surface area contributed by atoms with E-state index in [4.69, 9.17) is 0 Å². The van der Waals surface area contributed by atoms with Gasteiger partial charge in [0.05, 0.1) is 6.04 Å². The highest BCUT2D eigenvalue weighted by atomic mass is 16.2. The van der Waals surface area contributed by atoms with E-state index in [0.29, 0.717) is 19.6 Å². The maximum atomic E-state index is 12.7. The molecule has 30 heavy (non-hydrogen) atoms. The summed E-state index contributed by atoms with van der Waals surface area (Å²) in [6.07, 6.45) is 1.92. The first-order valence-electron chi connectivity index (χ1n) is 10.4. The zero-order valence-corrected chi connectivity index (χ0v) is 18.1. The number of benzene rings is 2. The number of anilines is 1. The van der Waals surface area contributed by atoms with Crippen molar-refractivity contribution in [1.82, 2.24) is 14.4 Å². The predicted octanol–water partition coefficient (Wildman–Crippen LogP) is 4.73. The Morgan fingerprint density at radius 2 is 1.73 bits per heavy atom. The summed E-state index contributed by atoms with van der Waals surface area (Å²) in [6.45, 7) is 7.71. The normalized spacial score (nSPS) is 11.9. The lowest BCUT2D eigenvalue weighted by Gasteiger charge is -2.25. The molecule has 0 aliphatic carbocycles. The summed E-state index contributed by atoms with van der Waals surface area (Å²) in [5.41, 5.74) is 2.78. The number of likely N-dealkylation sites (N-methyl/N-ethyl adjacent to an activating group) is 1. The minimum absolute atomic E-state index is 0.0397. The lowest BCUT2D eigenvalue weighted by molar-refractivity contribution is -0.131. The topological polar surface area (TPSA) is 57.6 Å². The monoisotopic (exact) mass is 406 g/mol. The van der Waals surface area contributed by atoms with Crippen molar-refractivity contribution in [2.75, 3.05) is 25.5 Å². The van der Waals surface area contributed by atoms with Crippen LogP contribution in [0.1, 0.15) is 32.4 Å². The Bertz CT molecular complexity index is 1010. The number of hydrogen-bond donors (Lipinski definition) is 1. The van der Waals surface area contributed by atoms with Crippen molar-refractivity contribution in [3.8, 4) is 0 Å². The molecule has 1 N–H and O–H groups in total. The van der Waals surface area contributed by atoms with Gasteiger partial charge in [0.2, 0.25) is 5.91 Å². The molecule has 1 unspecified atom stereocenters. The minimum atomic E-state index is -0.165. The fourth-order valence-corrected chi connectivity index (χ4v) is 3.58. The van der Waals surface area contributed by atoms with E-state index in [1.54, 1.807) is 11.9 Å². The molecule has 1 aromatic heterocycles. The van der Waals surface area contributed by atoms with E-state index < -0.39 is 0 Å². The number of urea groups is 1. The van der Waals surface area contributed by atoms with Crippen LogP contribution in [0.5, 0.6) is 0 Å². The van der Waals surface area contributed by atoms with Gasteiger partial charge in [0.1, 0.15) is 6.54 Å². The minimum Gasteiger partial charge on any atom is -0.342 e. The molecule has 6 heteroatoms. The molecule has 1 atom stereocenters. The summed E-state index contributed by atoms with van der Waals surface area (Å²) in [7, 11) is 1.79. The Labute approximate surface area is 178 Å². The molecular formula is C24H30N4O2. The summed E-state index contributed by atoms with van der Waals surface area (Å²) in [5, 5.41) is 3.96. The molecule has 0 aliphatic heterocycles. The Morgan fingerprint density at radius 3 is 2.40 bits per heavy atom. The van der Waals surface area contributed by atoms with Crippen LogP contribution in [0.3, 0.4) is 0 Å². The molecule has 0 spiro atoms. The first-order valence-corrected chi connectivity index (χ1v) is 10.4. The van der Waals surface area contributed by atoms with Gasteiger partial charge in [-0.05, 0) is 50.6 Å². The average molecular weight is 407 g/mol. The first-order chi connectivity index (χ1) is 14.4. The second-order valence-corrected chi connectivity index (χ2v) is 7.41. The lowest BCUT2D eigenvalue weighted by atomic mass is 10.1. The summed E-state index contributed by atoms with van der Waals surface area (Å²) >= 11 is 0. The third-order valence-electron chi connectivity index (χ3n) is 5.63. The summed E-state index contributed by atoms with van der Waals surface area (Å²) in [5.74, 6) is 0.103. The van der Waals surface area contributed by atoms with Gasteiger partial charge in [-0.2, -0.15) is 0 Å². The average Bonchev–Trinajstić information content (AvgIpc) is 3.16. The van der Waals surface area contributed by atoms with Crippen molar-refractivity contribution >= 4 is 28.5 Å². The zero-order chi connectivity index (χ0) is 21.7. The van der Waals surface area contributed by atoms with E-state index in [0.717, 1.165) is 22.2 Å². The van der Waals surface area contributed by atoms with Crippen LogP contribution in [0, 0.1) is 0 Å². The molecule has 2 aromatic carbocycles. The Balaban J connectivity index is 1.70. The third-order valence-corrected chi connectivity index (χ3v) is 5.63. The van der Waals surface area contributed by atoms with Crippen LogP contribution >= 0.6 is 0 Å². The molecule has 3 aromatic rings. The lowest BCUT2D eigenvalue weighted by Crippen LogP contribution is -2.33. The standard InChI is InChI=1S/C24H30N4O2/c1-5-27(6-2)23(29)17-28-15-14-20-16-21(12-13-22(20)28)25-24(30)26(4)18(3)19-10-8-7-9-11-19/h7-16,18H,5-6,17H2,1-4H3,(H,25,30). The Hall–Kier alpha value is -3.28. The third kappa shape index (κ3) is 4.64. The van der Waals surface area contributed by atoms with Gasteiger partial charge < -0.3 is 19.7 Å². The van der Waals surface area contributed by atoms with Gasteiger partial charge >= 0.3 is 6.03 Å². The van der Waals surface area contributed by atoms with E-state index in [9.17, 15) is 9.59 Å². The maximum absolute atomic E-state index is 12.7. The summed E-state index contributed by atoms with van der Waals surface area (Å²) in [6, 6.07) is 17.5. The van der Waals surface area contributed by atoms with Crippen LogP contribution < -0.4 is 5.32 Å². The number of aromatic nitrogens is 1. The number of carbonyl (C=O) groups excluding carboxylic acids is 2. The summed E-state index contributed by atoms with van der Waals surface area (Å²) in [4.78, 5) is 28.7. The number of nitrogens with zero attached hydrogens (tertiary/aromatic N) is 3. The van der Waals surface area contributed by atoms with E-state index in [1.165, 1.54) is 0 Å². The van der Waals surface area contributed by atoms with Crippen molar-refractivity contribution in [3.63, 3.8) is 0 Å². The first kappa shape index (κ1) is 21.4. The van der Waals surface area contributed by atoms with Crippen molar-refractivity contribution in [3.05, 3.63) is 66.4 Å². The molecule has 0 fully saturated rings. The molecule has 6 nitrogen and oxygen atoms in total. The second kappa shape index (κ2) is 9.48. The molecule has 0 saturated heterocycles. The number of amides is 3. The van der Waals surface area contributed by atoms with Crippen LogP contribution in [0.4, 0.5) is 10.5 Å². The number of rotatable bonds is 7. The van der Waals surface area contributed by atoms with Gasteiger partial charge in [0.15, 0.2) is 0 Å². The number of nitrogens with one attached hydrogen (secondary N) is 1. The fourth-order valence-electron chi connectivity index (χ4n) is 3.58. The molecule has 3 rings (SSSR count). The van der Waals surface area contributed by atoms with Gasteiger partial charge in [-0.15, -0.1) is 0 Å². The molecule has 1 heterocycles. The molecule has 158 valence electrons. The van der Waals surface area contributed by atoms with Crippen molar-refractivity contribution < 1.29 is 9.59 Å². The van der Waals surface area contributed by atoms with Gasteiger partial charge in [0, 0.05) is 42.9 Å². The van der Waals surface area contributed by atoms with E-state index in [1.807, 2.05) is 91.0 Å². The van der Waals surface area contributed by atoms with Crippen molar-refractivity contribution in [1.29, 1.82) is 0 Å². The van der Waals surface area contributed by atoms with Crippen LogP contribution in [0.15, 0.2) is 60.8 Å². The fraction of sp³-hybridized carbons (Fsp3) is 0.333. The van der Waals surface area contributed by atoms with Crippen molar-refractivity contribution in [2.24, 2.45) is 0 Å². The molecule has 0 radical (unpaired) electrons. The number of carbonyl (C=O) groups is 2. The Kier molecular flexibility index (Phi) is 6.77. The molecule has 0 aliphatic rings. The maximum Gasteiger partial charge on any atom is 0.322 e. The second-order valence-electron chi connectivity index (χ2n) is 7.41. The smallest absolute Gasteiger partial charge is 0.322 e. The largest absolute Gasteiger partial charge is 0.342 e. The number of hydrogen-bond acceptors (Lipinski definition) is 2. The summed E-state index contributed by atoms with van der Waals surface area (Å²) < 4.78 is 1.95. The Morgan fingerprint density at radius 1 is 1.03 bits per heavy atom. The molecule has 0 bridgehead atoms. The highest BCUT2D eigenvalue weighted by molar-refractivity contribution is 5.93. The molecule has 0 saturated carbocycles. The molecular weight excluding hydrogens is 376 g/mol. The van der Waals surface area contributed by atoms with Crippen LogP contribution in [-0.4, -0.2) is 46.4 Å². The number of fused-ring (bicyclic) bond motifs is 1. The van der Waals surface area contributed by atoms with Crippen molar-refractivity contribution in [2.45, 2.75) is 33.4 Å².